The number of carbonyl (C=O) groups excluding carboxylic acids is 1. The van der Waals surface area contributed by atoms with Gasteiger partial charge in [-0.05, 0) is 31.5 Å². The topological polar surface area (TPSA) is 59.0 Å². The smallest absolute Gasteiger partial charge is 0.255 e. The Morgan fingerprint density at radius 1 is 1.00 bits per heavy atom. The number of rotatable bonds is 3. The first kappa shape index (κ1) is 15.4. The molecule has 1 aliphatic heterocycles. The first-order chi connectivity index (χ1) is 12.1. The molecular weight excluding hydrogens is 312 g/mol. The Kier molecular flexibility index (Phi) is 3.76. The Bertz CT molecular complexity index is 930. The third-order valence-corrected chi connectivity index (χ3v) is 4.65. The highest BCUT2D eigenvalue weighted by atomic mass is 16.2. The van der Waals surface area contributed by atoms with E-state index in [4.69, 9.17) is 0 Å². The number of hydrogen-bond donors (Lipinski definition) is 2. The van der Waals surface area contributed by atoms with Gasteiger partial charge in [-0.3, -0.25) is 9.48 Å². The van der Waals surface area contributed by atoms with Crippen molar-refractivity contribution in [3.63, 3.8) is 0 Å². The van der Waals surface area contributed by atoms with E-state index < -0.39 is 0 Å². The van der Waals surface area contributed by atoms with E-state index in [1.165, 1.54) is 5.56 Å². The maximum Gasteiger partial charge on any atom is 0.255 e. The minimum absolute atomic E-state index is 0.0611. The first-order valence-corrected chi connectivity index (χ1v) is 8.38. The van der Waals surface area contributed by atoms with Gasteiger partial charge >= 0.3 is 0 Å². The molecule has 1 unspecified atom stereocenters. The Morgan fingerprint density at radius 3 is 2.52 bits per heavy atom. The molecule has 0 aliphatic carbocycles. The number of nitrogens with one attached hydrogen (secondary N) is 2. The van der Waals surface area contributed by atoms with Gasteiger partial charge in [0.25, 0.3) is 5.91 Å². The Labute approximate surface area is 146 Å². The van der Waals surface area contributed by atoms with Gasteiger partial charge in [-0.2, -0.15) is 5.10 Å². The van der Waals surface area contributed by atoms with E-state index in [0.717, 1.165) is 22.6 Å². The van der Waals surface area contributed by atoms with Crippen molar-refractivity contribution >= 4 is 11.6 Å². The number of carbonyl (C=O) groups is 1. The summed E-state index contributed by atoms with van der Waals surface area (Å²) in [5, 5.41) is 11.1. The number of anilines is 1. The van der Waals surface area contributed by atoms with Crippen LogP contribution in [0.1, 0.15) is 39.0 Å². The second-order valence-electron chi connectivity index (χ2n) is 6.32. The molecule has 1 aromatic heterocycles. The third-order valence-electron chi connectivity index (χ3n) is 4.65. The van der Waals surface area contributed by atoms with Gasteiger partial charge in [0.15, 0.2) is 0 Å². The maximum atomic E-state index is 12.4. The molecule has 5 nitrogen and oxygen atoms in total. The summed E-state index contributed by atoms with van der Waals surface area (Å²) >= 11 is 0. The number of para-hydroxylation sites is 1. The molecule has 5 heteroatoms. The number of nitrogens with zero attached hydrogens (tertiary/aromatic N) is 2. The quantitative estimate of drug-likeness (QED) is 0.773. The molecule has 126 valence electrons. The number of fused-ring (bicyclic) bond motifs is 1. The molecule has 0 bridgehead atoms. The third kappa shape index (κ3) is 2.78. The SMILES string of the molecule is Cc1nn(Cc2ccccc2)c(C)c1C1NC(=O)c2ccccc2N1. The molecule has 4 rings (SSSR count). The van der Waals surface area contributed by atoms with Crippen molar-refractivity contribution < 1.29 is 4.79 Å². The lowest BCUT2D eigenvalue weighted by atomic mass is 10.0. The summed E-state index contributed by atoms with van der Waals surface area (Å²) < 4.78 is 1.99. The lowest BCUT2D eigenvalue weighted by Crippen LogP contribution is -2.39. The second kappa shape index (κ2) is 6.09. The van der Waals surface area contributed by atoms with Gasteiger partial charge in [0.05, 0.1) is 17.8 Å². The van der Waals surface area contributed by atoms with E-state index in [0.29, 0.717) is 12.1 Å². The van der Waals surface area contributed by atoms with Crippen molar-refractivity contribution in [2.75, 3.05) is 5.32 Å². The molecule has 2 heterocycles. The van der Waals surface area contributed by atoms with Crippen molar-refractivity contribution in [3.8, 4) is 0 Å². The van der Waals surface area contributed by atoms with Crippen LogP contribution in [0.3, 0.4) is 0 Å². The van der Waals surface area contributed by atoms with Gasteiger partial charge in [-0.15, -0.1) is 0 Å². The minimum Gasteiger partial charge on any atom is -0.361 e. The predicted molar refractivity (Wildman–Crippen MR) is 97.5 cm³/mol. The standard InChI is InChI=1S/C20H20N4O/c1-13-18(14(2)24(23-13)12-15-8-4-3-5-9-15)19-21-17-11-7-6-10-16(17)20(25)22-19/h3-11,19,21H,12H2,1-2H3,(H,22,25). The van der Waals surface area contributed by atoms with Gasteiger partial charge in [0.2, 0.25) is 0 Å². The van der Waals surface area contributed by atoms with Crippen LogP contribution in [0.5, 0.6) is 0 Å². The van der Waals surface area contributed by atoms with Gasteiger partial charge < -0.3 is 10.6 Å². The lowest BCUT2D eigenvalue weighted by Gasteiger charge is -2.28. The Balaban J connectivity index is 1.67. The van der Waals surface area contributed by atoms with Crippen molar-refractivity contribution in [2.45, 2.75) is 26.6 Å². The largest absolute Gasteiger partial charge is 0.361 e. The predicted octanol–water partition coefficient (Wildman–Crippen LogP) is 3.40. The Hall–Kier alpha value is -3.08. The Morgan fingerprint density at radius 2 is 1.72 bits per heavy atom. The summed E-state index contributed by atoms with van der Waals surface area (Å²) in [6, 6.07) is 17.8. The molecule has 1 aliphatic rings. The van der Waals surface area contributed by atoms with Crippen molar-refractivity contribution in [1.82, 2.24) is 15.1 Å². The molecule has 2 aromatic carbocycles. The van der Waals surface area contributed by atoms with Gasteiger partial charge in [-0.25, -0.2) is 0 Å². The van der Waals surface area contributed by atoms with Crippen LogP contribution in [0, 0.1) is 13.8 Å². The zero-order chi connectivity index (χ0) is 17.4. The summed E-state index contributed by atoms with van der Waals surface area (Å²) in [7, 11) is 0. The van der Waals surface area contributed by atoms with Crippen molar-refractivity contribution in [3.05, 3.63) is 82.7 Å². The number of aromatic nitrogens is 2. The summed E-state index contributed by atoms with van der Waals surface area (Å²) in [4.78, 5) is 12.4. The average Bonchev–Trinajstić information content (AvgIpc) is 2.89. The average molecular weight is 332 g/mol. The normalized spacial score (nSPS) is 16.1. The van der Waals surface area contributed by atoms with Crippen LogP contribution >= 0.6 is 0 Å². The van der Waals surface area contributed by atoms with Crippen LogP contribution in [0.4, 0.5) is 5.69 Å². The first-order valence-electron chi connectivity index (χ1n) is 8.38. The molecular formula is C20H20N4O. The van der Waals surface area contributed by atoms with Crippen LogP contribution in [0.15, 0.2) is 54.6 Å². The van der Waals surface area contributed by atoms with Crippen LogP contribution in [0.25, 0.3) is 0 Å². The second-order valence-corrected chi connectivity index (χ2v) is 6.32. The highest BCUT2D eigenvalue weighted by Gasteiger charge is 2.28. The van der Waals surface area contributed by atoms with E-state index in [2.05, 4.69) is 27.9 Å². The number of aryl methyl sites for hydroxylation is 1. The summed E-state index contributed by atoms with van der Waals surface area (Å²) in [6.07, 6.45) is -0.271. The van der Waals surface area contributed by atoms with Crippen LogP contribution in [-0.4, -0.2) is 15.7 Å². The van der Waals surface area contributed by atoms with E-state index in [9.17, 15) is 4.79 Å². The number of benzene rings is 2. The van der Waals surface area contributed by atoms with E-state index >= 15 is 0 Å². The van der Waals surface area contributed by atoms with Crippen LogP contribution < -0.4 is 10.6 Å². The summed E-state index contributed by atoms with van der Waals surface area (Å²) in [6.45, 7) is 4.75. The fourth-order valence-electron chi connectivity index (χ4n) is 3.39. The maximum absolute atomic E-state index is 12.4. The fourth-order valence-corrected chi connectivity index (χ4v) is 3.39. The molecule has 1 amide bonds. The van der Waals surface area contributed by atoms with Crippen LogP contribution in [-0.2, 0) is 6.54 Å². The van der Waals surface area contributed by atoms with E-state index in [-0.39, 0.29) is 12.1 Å². The zero-order valence-electron chi connectivity index (χ0n) is 14.3. The van der Waals surface area contributed by atoms with Gasteiger partial charge in [-0.1, -0.05) is 42.5 Å². The molecule has 0 fully saturated rings. The van der Waals surface area contributed by atoms with Crippen molar-refractivity contribution in [1.29, 1.82) is 0 Å². The molecule has 1 atom stereocenters. The van der Waals surface area contributed by atoms with Crippen LogP contribution in [0.2, 0.25) is 0 Å². The minimum atomic E-state index is -0.271. The molecule has 0 saturated carbocycles. The van der Waals surface area contributed by atoms with Gasteiger partial charge in [0.1, 0.15) is 6.17 Å². The zero-order valence-corrected chi connectivity index (χ0v) is 14.3. The molecule has 0 spiro atoms. The molecule has 0 radical (unpaired) electrons. The highest BCUT2D eigenvalue weighted by molar-refractivity contribution is 6.01. The highest BCUT2D eigenvalue weighted by Crippen LogP contribution is 2.29. The lowest BCUT2D eigenvalue weighted by molar-refractivity contribution is 0.0935. The fraction of sp³-hybridized carbons (Fsp3) is 0.200. The van der Waals surface area contributed by atoms with E-state index in [1.54, 1.807) is 0 Å². The molecule has 25 heavy (non-hydrogen) atoms. The van der Waals surface area contributed by atoms with Gasteiger partial charge in [0, 0.05) is 16.9 Å². The molecule has 2 N–H and O–H groups in total. The van der Waals surface area contributed by atoms with Crippen molar-refractivity contribution in [2.24, 2.45) is 0 Å². The summed E-state index contributed by atoms with van der Waals surface area (Å²) in [5.74, 6) is -0.0611. The molecule has 0 saturated heterocycles. The number of amides is 1. The number of hydrogen-bond acceptors (Lipinski definition) is 3. The summed E-state index contributed by atoms with van der Waals surface area (Å²) in [5.41, 5.74) is 5.73. The molecule has 3 aromatic rings. The monoisotopic (exact) mass is 332 g/mol. The van der Waals surface area contributed by atoms with E-state index in [1.807, 2.05) is 61.0 Å².